The molecule has 0 aliphatic heterocycles. The predicted octanol–water partition coefficient (Wildman–Crippen LogP) is 1.71. The highest BCUT2D eigenvalue weighted by Gasteiger charge is 2.01. The Hall–Kier alpha value is -1.12. The van der Waals surface area contributed by atoms with Gasteiger partial charge in [-0.3, -0.25) is 4.90 Å². The van der Waals surface area contributed by atoms with Crippen LogP contribution in [0, 0.1) is 0 Å². The molecule has 2 heteroatoms. The molecule has 1 rings (SSSR count). The highest BCUT2D eigenvalue weighted by molar-refractivity contribution is 5.14. The number of rotatable bonds is 7. The summed E-state index contributed by atoms with van der Waals surface area (Å²) in [7, 11) is 0. The third-order valence-corrected chi connectivity index (χ3v) is 2.36. The average Bonchev–Trinajstić information content (AvgIpc) is 2.28. The second-order valence-electron chi connectivity index (χ2n) is 3.55. The molecule has 1 N–H and O–H groups in total. The average molecular weight is 205 g/mol. The van der Waals surface area contributed by atoms with Crippen LogP contribution in [-0.2, 0) is 6.42 Å². The van der Waals surface area contributed by atoms with Crippen LogP contribution >= 0.6 is 0 Å². The summed E-state index contributed by atoms with van der Waals surface area (Å²) in [5, 5.41) is 8.88. The molecule has 1 aromatic rings. The minimum atomic E-state index is 0.211. The molecule has 0 saturated carbocycles. The normalized spacial score (nSPS) is 10.5. The standard InChI is InChI=1S/C13H19NO/c1-2-9-14(11-12-15)10-8-13-6-4-3-5-7-13/h2-7,15H,1,8-12H2. The summed E-state index contributed by atoms with van der Waals surface area (Å²) in [6, 6.07) is 10.4. The molecule has 0 bridgehead atoms. The molecule has 15 heavy (non-hydrogen) atoms. The maximum Gasteiger partial charge on any atom is 0.0558 e. The van der Waals surface area contributed by atoms with E-state index < -0.39 is 0 Å². The van der Waals surface area contributed by atoms with Crippen molar-refractivity contribution in [1.29, 1.82) is 0 Å². The molecule has 0 heterocycles. The Morgan fingerprint density at radius 2 is 1.93 bits per heavy atom. The molecule has 0 aliphatic rings. The smallest absolute Gasteiger partial charge is 0.0558 e. The number of hydrogen-bond acceptors (Lipinski definition) is 2. The van der Waals surface area contributed by atoms with Crippen LogP contribution < -0.4 is 0 Å². The van der Waals surface area contributed by atoms with Gasteiger partial charge in [-0.2, -0.15) is 0 Å². The number of aliphatic hydroxyl groups excluding tert-OH is 1. The van der Waals surface area contributed by atoms with Crippen LogP contribution in [0.5, 0.6) is 0 Å². The van der Waals surface area contributed by atoms with Gasteiger partial charge >= 0.3 is 0 Å². The van der Waals surface area contributed by atoms with Gasteiger partial charge in [-0.05, 0) is 12.0 Å². The zero-order chi connectivity index (χ0) is 10.9. The van der Waals surface area contributed by atoms with Crippen LogP contribution in [0.1, 0.15) is 5.56 Å². The van der Waals surface area contributed by atoms with E-state index >= 15 is 0 Å². The molecule has 0 amide bonds. The van der Waals surface area contributed by atoms with Crippen molar-refractivity contribution in [1.82, 2.24) is 4.90 Å². The molecule has 2 nitrogen and oxygen atoms in total. The monoisotopic (exact) mass is 205 g/mol. The zero-order valence-corrected chi connectivity index (χ0v) is 9.10. The van der Waals surface area contributed by atoms with Crippen molar-refractivity contribution in [3.8, 4) is 0 Å². The summed E-state index contributed by atoms with van der Waals surface area (Å²) in [4.78, 5) is 2.19. The van der Waals surface area contributed by atoms with Gasteiger partial charge in [0.25, 0.3) is 0 Å². The van der Waals surface area contributed by atoms with Crippen molar-refractivity contribution in [2.45, 2.75) is 6.42 Å². The molecule has 0 aliphatic carbocycles. The molecular formula is C13H19NO. The van der Waals surface area contributed by atoms with Gasteiger partial charge in [0.2, 0.25) is 0 Å². The molecule has 0 atom stereocenters. The summed E-state index contributed by atoms with van der Waals surface area (Å²) < 4.78 is 0. The summed E-state index contributed by atoms with van der Waals surface area (Å²) in [6.45, 7) is 6.46. The van der Waals surface area contributed by atoms with Crippen LogP contribution in [0.25, 0.3) is 0 Å². The van der Waals surface area contributed by atoms with Gasteiger partial charge in [-0.25, -0.2) is 0 Å². The Balaban J connectivity index is 2.36. The molecule has 0 unspecified atom stereocenters. The highest BCUT2D eigenvalue weighted by atomic mass is 16.3. The fourth-order valence-corrected chi connectivity index (χ4v) is 1.55. The Morgan fingerprint density at radius 1 is 1.20 bits per heavy atom. The van der Waals surface area contributed by atoms with Crippen LogP contribution in [0.3, 0.4) is 0 Å². The first-order valence-electron chi connectivity index (χ1n) is 5.35. The zero-order valence-electron chi connectivity index (χ0n) is 9.10. The first-order valence-corrected chi connectivity index (χ1v) is 5.35. The lowest BCUT2D eigenvalue weighted by atomic mass is 10.1. The van der Waals surface area contributed by atoms with Gasteiger partial charge in [0.15, 0.2) is 0 Å². The lowest BCUT2D eigenvalue weighted by molar-refractivity contribution is 0.210. The van der Waals surface area contributed by atoms with Gasteiger partial charge < -0.3 is 5.11 Å². The largest absolute Gasteiger partial charge is 0.395 e. The Bertz CT molecular complexity index is 271. The molecule has 0 radical (unpaired) electrons. The summed E-state index contributed by atoms with van der Waals surface area (Å²) in [6.07, 6.45) is 2.90. The van der Waals surface area contributed by atoms with Gasteiger partial charge in [-0.15, -0.1) is 6.58 Å². The third-order valence-electron chi connectivity index (χ3n) is 2.36. The fraction of sp³-hybridized carbons (Fsp3) is 0.385. The minimum Gasteiger partial charge on any atom is -0.395 e. The molecule has 0 saturated heterocycles. The fourth-order valence-electron chi connectivity index (χ4n) is 1.55. The minimum absolute atomic E-state index is 0.211. The van der Waals surface area contributed by atoms with Crippen LogP contribution in [0.15, 0.2) is 43.0 Å². The summed E-state index contributed by atoms with van der Waals surface area (Å²) in [5.41, 5.74) is 1.34. The van der Waals surface area contributed by atoms with Crippen molar-refractivity contribution < 1.29 is 5.11 Å². The van der Waals surface area contributed by atoms with Gasteiger partial charge in [0, 0.05) is 19.6 Å². The van der Waals surface area contributed by atoms with Crippen LogP contribution in [0.4, 0.5) is 0 Å². The lowest BCUT2D eigenvalue weighted by Crippen LogP contribution is -2.29. The summed E-state index contributed by atoms with van der Waals surface area (Å²) >= 11 is 0. The molecule has 1 aromatic carbocycles. The summed E-state index contributed by atoms with van der Waals surface area (Å²) in [5.74, 6) is 0. The Labute approximate surface area is 91.9 Å². The van der Waals surface area contributed by atoms with Crippen molar-refractivity contribution in [2.75, 3.05) is 26.2 Å². The molecule has 82 valence electrons. The van der Waals surface area contributed by atoms with Crippen molar-refractivity contribution in [3.05, 3.63) is 48.6 Å². The highest BCUT2D eigenvalue weighted by Crippen LogP contribution is 2.01. The van der Waals surface area contributed by atoms with E-state index in [-0.39, 0.29) is 6.61 Å². The number of nitrogens with zero attached hydrogens (tertiary/aromatic N) is 1. The van der Waals surface area contributed by atoms with E-state index in [1.165, 1.54) is 5.56 Å². The quantitative estimate of drug-likeness (QED) is 0.685. The third kappa shape index (κ3) is 4.77. The SMILES string of the molecule is C=CCN(CCO)CCc1ccccc1. The molecule has 0 spiro atoms. The molecular weight excluding hydrogens is 186 g/mol. The topological polar surface area (TPSA) is 23.5 Å². The van der Waals surface area contributed by atoms with E-state index in [0.29, 0.717) is 0 Å². The number of benzene rings is 1. The van der Waals surface area contributed by atoms with E-state index in [4.69, 9.17) is 5.11 Å². The van der Waals surface area contributed by atoms with E-state index in [1.807, 2.05) is 12.1 Å². The van der Waals surface area contributed by atoms with E-state index in [9.17, 15) is 0 Å². The van der Waals surface area contributed by atoms with Crippen molar-refractivity contribution >= 4 is 0 Å². The van der Waals surface area contributed by atoms with E-state index in [0.717, 1.165) is 26.1 Å². The second kappa shape index (κ2) is 7.21. The van der Waals surface area contributed by atoms with Crippen molar-refractivity contribution in [2.24, 2.45) is 0 Å². The second-order valence-corrected chi connectivity index (χ2v) is 3.55. The van der Waals surface area contributed by atoms with Crippen LogP contribution in [-0.4, -0.2) is 36.2 Å². The molecule has 0 fully saturated rings. The Morgan fingerprint density at radius 3 is 2.53 bits per heavy atom. The Kier molecular flexibility index (Phi) is 5.74. The maximum absolute atomic E-state index is 8.88. The van der Waals surface area contributed by atoms with Crippen molar-refractivity contribution in [3.63, 3.8) is 0 Å². The van der Waals surface area contributed by atoms with Gasteiger partial charge in [0.05, 0.1) is 6.61 Å². The van der Waals surface area contributed by atoms with Gasteiger partial charge in [-0.1, -0.05) is 36.4 Å². The van der Waals surface area contributed by atoms with E-state index in [2.05, 4.69) is 35.7 Å². The number of aliphatic hydroxyl groups is 1. The van der Waals surface area contributed by atoms with Crippen LogP contribution in [0.2, 0.25) is 0 Å². The van der Waals surface area contributed by atoms with E-state index in [1.54, 1.807) is 0 Å². The van der Waals surface area contributed by atoms with Gasteiger partial charge in [0.1, 0.15) is 0 Å². The predicted molar refractivity (Wildman–Crippen MR) is 63.9 cm³/mol. The maximum atomic E-state index is 8.88. The first-order chi connectivity index (χ1) is 7.36. The number of hydrogen-bond donors (Lipinski definition) is 1. The molecule has 0 aromatic heterocycles. The lowest BCUT2D eigenvalue weighted by Gasteiger charge is -2.19. The first kappa shape index (κ1) is 12.0.